The number of carbonyl (C=O) groups is 2. The molecular formula is C29H26Cl3F3N4O4S. The van der Waals surface area contributed by atoms with Crippen molar-refractivity contribution in [3.63, 3.8) is 0 Å². The van der Waals surface area contributed by atoms with E-state index in [2.05, 4.69) is 0 Å². The fourth-order valence-corrected chi connectivity index (χ4v) is 7.25. The minimum Gasteiger partial charge on any atom is -0.494 e. The second kappa shape index (κ2) is 12.4. The second-order valence-corrected chi connectivity index (χ2v) is 12.6. The van der Waals surface area contributed by atoms with Crippen LogP contribution in [0.15, 0.2) is 38.9 Å². The van der Waals surface area contributed by atoms with Crippen LogP contribution in [0.4, 0.5) is 23.7 Å². The first-order valence-electron chi connectivity index (χ1n) is 13.5. The van der Waals surface area contributed by atoms with Crippen LogP contribution in [0.3, 0.4) is 0 Å². The minimum absolute atomic E-state index is 0.0560. The number of urea groups is 1. The molecule has 234 valence electrons. The maximum atomic E-state index is 14.1. The summed E-state index contributed by atoms with van der Waals surface area (Å²) in [5, 5.41) is -4.24. The van der Waals surface area contributed by atoms with Crippen molar-refractivity contribution in [2.24, 2.45) is 0 Å². The molecule has 15 heteroatoms. The van der Waals surface area contributed by atoms with Crippen molar-refractivity contribution in [3.05, 3.63) is 78.4 Å². The van der Waals surface area contributed by atoms with Gasteiger partial charge in [-0.05, 0) is 72.8 Å². The van der Waals surface area contributed by atoms with Crippen LogP contribution in [-0.2, 0) is 18.5 Å². The van der Waals surface area contributed by atoms with E-state index < -0.39 is 33.9 Å². The molecule has 5 rings (SSSR count). The van der Waals surface area contributed by atoms with E-state index in [1.807, 2.05) is 18.8 Å². The molecule has 2 aliphatic heterocycles. The van der Waals surface area contributed by atoms with Crippen molar-refractivity contribution in [1.82, 2.24) is 14.8 Å². The first kappa shape index (κ1) is 32.3. The van der Waals surface area contributed by atoms with E-state index in [1.165, 1.54) is 12.0 Å². The molecule has 0 radical (unpaired) electrons. The highest BCUT2D eigenvalue weighted by atomic mass is 35.5. The average Bonchev–Trinajstić information content (AvgIpc) is 3.39. The number of halogens is 6. The van der Waals surface area contributed by atoms with Crippen molar-refractivity contribution in [2.45, 2.75) is 48.5 Å². The third-order valence-corrected chi connectivity index (χ3v) is 9.81. The third kappa shape index (κ3) is 5.96. The number of aromatic nitrogens is 1. The molecule has 0 saturated carbocycles. The number of carbonyl (C=O) groups excluding carboxylic acids is 2. The summed E-state index contributed by atoms with van der Waals surface area (Å²) in [5.74, 6) is -0.990. The van der Waals surface area contributed by atoms with Crippen LogP contribution < -0.4 is 15.2 Å². The molecule has 3 amide bonds. The number of fused-ring (bicyclic) bond motifs is 1. The van der Waals surface area contributed by atoms with Gasteiger partial charge in [0, 0.05) is 42.5 Å². The number of methoxy groups -OCH3 is 1. The highest BCUT2D eigenvalue weighted by Gasteiger charge is 2.36. The summed E-state index contributed by atoms with van der Waals surface area (Å²) in [5.41, 5.74) is 0.321. The summed E-state index contributed by atoms with van der Waals surface area (Å²) in [7, 11) is 1.51. The molecule has 0 aliphatic carbocycles. The van der Waals surface area contributed by atoms with Gasteiger partial charge in [-0.2, -0.15) is 8.78 Å². The summed E-state index contributed by atoms with van der Waals surface area (Å²) in [4.78, 5) is 47.0. The highest BCUT2D eigenvalue weighted by molar-refractivity contribution is 7.99. The normalized spacial score (nSPS) is 15.2. The Balaban J connectivity index is 1.55. The molecule has 0 bridgehead atoms. The van der Waals surface area contributed by atoms with Crippen LogP contribution >= 0.6 is 46.6 Å². The fourth-order valence-electron chi connectivity index (χ4n) is 5.47. The van der Waals surface area contributed by atoms with E-state index in [0.717, 1.165) is 41.3 Å². The lowest BCUT2D eigenvalue weighted by Gasteiger charge is -2.36. The summed E-state index contributed by atoms with van der Waals surface area (Å²) >= 11 is 18.2. The number of nitrogens with zero attached hydrogens (tertiary/aromatic N) is 3. The van der Waals surface area contributed by atoms with Crippen molar-refractivity contribution >= 4 is 64.2 Å². The number of hydrogen-bond donors (Lipinski definition) is 1. The SMILES string of the molecule is CCN1CCCN(c2cc3c(c(C)c2OC)CN(C(=O)c2c(Sc4c(Cl)cc(F)cc4Cl)cc(C(F)(F)Cl)[nH]c2=O)C3)C1=O. The van der Waals surface area contributed by atoms with Crippen LogP contribution in [0.2, 0.25) is 10.0 Å². The zero-order valence-electron chi connectivity index (χ0n) is 23.7. The van der Waals surface area contributed by atoms with E-state index in [4.69, 9.17) is 39.5 Å². The molecule has 44 heavy (non-hydrogen) atoms. The number of nitrogens with one attached hydrogen (secondary N) is 1. The Hall–Kier alpha value is -3.06. The number of H-pyrrole nitrogens is 1. The Morgan fingerprint density at radius 2 is 1.80 bits per heavy atom. The van der Waals surface area contributed by atoms with Crippen molar-refractivity contribution in [1.29, 1.82) is 0 Å². The first-order valence-corrected chi connectivity index (χ1v) is 15.4. The average molecular weight is 690 g/mol. The largest absolute Gasteiger partial charge is 0.494 e. The van der Waals surface area contributed by atoms with Gasteiger partial charge < -0.3 is 19.5 Å². The molecular weight excluding hydrogens is 664 g/mol. The topological polar surface area (TPSA) is 85.9 Å². The van der Waals surface area contributed by atoms with Crippen LogP contribution in [0.25, 0.3) is 0 Å². The van der Waals surface area contributed by atoms with Crippen LogP contribution in [0, 0.1) is 12.7 Å². The molecule has 1 aromatic heterocycles. The molecule has 3 aromatic rings. The van der Waals surface area contributed by atoms with Gasteiger partial charge in [-0.1, -0.05) is 35.0 Å². The van der Waals surface area contributed by atoms with E-state index in [9.17, 15) is 27.6 Å². The number of benzene rings is 2. The molecule has 0 atom stereocenters. The van der Waals surface area contributed by atoms with Gasteiger partial charge in [-0.25, -0.2) is 9.18 Å². The Morgan fingerprint density at radius 1 is 1.11 bits per heavy atom. The number of hydrogen-bond acceptors (Lipinski definition) is 5. The summed E-state index contributed by atoms with van der Waals surface area (Å²) < 4.78 is 47.8. The molecule has 8 nitrogen and oxygen atoms in total. The van der Waals surface area contributed by atoms with Gasteiger partial charge in [0.25, 0.3) is 11.5 Å². The van der Waals surface area contributed by atoms with E-state index >= 15 is 0 Å². The Labute approximate surface area is 270 Å². The van der Waals surface area contributed by atoms with Crippen LogP contribution in [0.1, 0.15) is 46.1 Å². The number of ether oxygens (including phenoxy) is 1. The zero-order chi connectivity index (χ0) is 32.1. The summed E-state index contributed by atoms with van der Waals surface area (Å²) in [6, 6.07) is 4.48. The number of alkyl halides is 3. The number of rotatable bonds is 7. The van der Waals surface area contributed by atoms with Gasteiger partial charge >= 0.3 is 11.4 Å². The smallest absolute Gasteiger partial charge is 0.362 e. The van der Waals surface area contributed by atoms with Crippen LogP contribution in [0.5, 0.6) is 5.75 Å². The Bertz CT molecular complexity index is 1710. The number of amides is 3. The van der Waals surface area contributed by atoms with E-state index in [0.29, 0.717) is 42.8 Å². The van der Waals surface area contributed by atoms with Gasteiger partial charge in [0.15, 0.2) is 0 Å². The Kier molecular flexibility index (Phi) is 9.10. The Morgan fingerprint density at radius 3 is 2.41 bits per heavy atom. The standard InChI is InChI=1S/C29H26Cl3F3N4O4S/c1-4-37-6-5-7-39(28(37)42)20-8-15-12-38(13-17(15)14(2)24(20)43-3)27(41)23-21(11-22(29(32,34)35)36-26(23)40)44-25-18(30)9-16(33)10-19(25)31/h8-11H,4-7,12-13H2,1-3H3,(H,36,40). The second-order valence-electron chi connectivity index (χ2n) is 10.3. The third-order valence-electron chi connectivity index (χ3n) is 7.60. The molecule has 2 aliphatic rings. The van der Waals surface area contributed by atoms with Crippen molar-refractivity contribution in [2.75, 3.05) is 31.6 Å². The number of pyridine rings is 1. The predicted molar refractivity (Wildman–Crippen MR) is 163 cm³/mol. The van der Waals surface area contributed by atoms with Crippen LogP contribution in [-0.4, -0.2) is 53.5 Å². The fraction of sp³-hybridized carbons (Fsp3) is 0.345. The van der Waals surface area contributed by atoms with E-state index in [-0.39, 0.29) is 39.0 Å². The summed E-state index contributed by atoms with van der Waals surface area (Å²) in [6.07, 6.45) is 0.770. The highest BCUT2D eigenvalue weighted by Crippen LogP contribution is 2.44. The molecule has 3 heterocycles. The molecule has 0 unspecified atom stereocenters. The van der Waals surface area contributed by atoms with Gasteiger partial charge in [0.2, 0.25) is 0 Å². The maximum Gasteiger partial charge on any atom is 0.362 e. The van der Waals surface area contributed by atoms with E-state index in [1.54, 1.807) is 15.9 Å². The zero-order valence-corrected chi connectivity index (χ0v) is 26.8. The molecule has 2 aromatic carbocycles. The van der Waals surface area contributed by atoms with Gasteiger partial charge in [-0.3, -0.25) is 14.5 Å². The number of aromatic amines is 1. The molecule has 0 spiro atoms. The lowest BCUT2D eigenvalue weighted by Crippen LogP contribution is -2.49. The van der Waals surface area contributed by atoms with Gasteiger partial charge in [0.05, 0.1) is 22.8 Å². The molecule has 1 N–H and O–H groups in total. The monoisotopic (exact) mass is 688 g/mol. The summed E-state index contributed by atoms with van der Waals surface area (Å²) in [6.45, 7) is 5.59. The first-order chi connectivity index (χ1) is 20.7. The predicted octanol–water partition coefficient (Wildman–Crippen LogP) is 7.39. The number of anilines is 1. The minimum atomic E-state index is -3.96. The van der Waals surface area contributed by atoms with Gasteiger partial charge in [0.1, 0.15) is 22.8 Å². The van der Waals surface area contributed by atoms with Gasteiger partial charge in [-0.15, -0.1) is 0 Å². The quantitative estimate of drug-likeness (QED) is 0.262. The maximum absolute atomic E-state index is 14.1. The van der Waals surface area contributed by atoms with Crippen molar-refractivity contribution < 1.29 is 27.5 Å². The lowest BCUT2D eigenvalue weighted by molar-refractivity contribution is 0.0740. The lowest BCUT2D eigenvalue weighted by atomic mass is 10.0. The van der Waals surface area contributed by atoms with Crippen molar-refractivity contribution in [3.8, 4) is 5.75 Å². The molecule has 1 saturated heterocycles. The molecule has 1 fully saturated rings.